The number of hydrogen-bond acceptors (Lipinski definition) is 6. The second kappa shape index (κ2) is 3.35. The first-order valence-corrected chi connectivity index (χ1v) is 4.18. The van der Waals surface area contributed by atoms with Crippen LogP contribution in [-0.4, -0.2) is 23.6 Å². The highest BCUT2D eigenvalue weighted by Crippen LogP contribution is 2.25. The molecule has 0 spiro atoms. The zero-order chi connectivity index (χ0) is 11.0. The number of epoxide rings is 1. The van der Waals surface area contributed by atoms with Crippen LogP contribution in [0.5, 0.6) is 0 Å². The standard InChI is InChI=1S/C8H7NO6/c10-8(11)7-4(1-5-3-14-5)2-6(15-7)9(12)13/h2,5H,1,3H2,(H,10,11)/p-1. The molecule has 0 aromatic carbocycles. The third-order valence-electron chi connectivity index (χ3n) is 2.01. The van der Waals surface area contributed by atoms with Crippen LogP contribution in [0.1, 0.15) is 16.1 Å². The van der Waals surface area contributed by atoms with Crippen LogP contribution in [0.15, 0.2) is 10.5 Å². The van der Waals surface area contributed by atoms with Crippen molar-refractivity contribution in [3.63, 3.8) is 0 Å². The summed E-state index contributed by atoms with van der Waals surface area (Å²) >= 11 is 0. The molecule has 1 aromatic heterocycles. The van der Waals surface area contributed by atoms with E-state index in [-0.39, 0.29) is 11.7 Å². The molecule has 2 heterocycles. The quantitative estimate of drug-likeness (QED) is 0.377. The van der Waals surface area contributed by atoms with Gasteiger partial charge in [-0.15, -0.1) is 0 Å². The number of carbonyl (C=O) groups is 1. The minimum Gasteiger partial charge on any atom is -0.542 e. The Hall–Kier alpha value is -1.89. The molecule has 80 valence electrons. The van der Waals surface area contributed by atoms with E-state index in [1.807, 2.05) is 0 Å². The van der Waals surface area contributed by atoms with Gasteiger partial charge in [0.1, 0.15) is 10.9 Å². The number of aromatic carboxylic acids is 1. The van der Waals surface area contributed by atoms with Crippen LogP contribution >= 0.6 is 0 Å². The maximum Gasteiger partial charge on any atom is 0.433 e. The summed E-state index contributed by atoms with van der Waals surface area (Å²) in [4.78, 5) is 20.2. The Morgan fingerprint density at radius 2 is 2.33 bits per heavy atom. The van der Waals surface area contributed by atoms with E-state index < -0.39 is 22.5 Å². The fourth-order valence-electron chi connectivity index (χ4n) is 1.26. The molecule has 0 radical (unpaired) electrons. The van der Waals surface area contributed by atoms with E-state index in [0.717, 1.165) is 6.07 Å². The van der Waals surface area contributed by atoms with Crippen LogP contribution in [0.4, 0.5) is 5.88 Å². The molecule has 1 aromatic rings. The summed E-state index contributed by atoms with van der Waals surface area (Å²) in [5.74, 6) is -2.64. The maximum atomic E-state index is 10.6. The van der Waals surface area contributed by atoms with Gasteiger partial charge in [0.25, 0.3) is 0 Å². The van der Waals surface area contributed by atoms with Gasteiger partial charge in [0.05, 0.1) is 18.8 Å². The molecule has 7 nitrogen and oxygen atoms in total. The minimum absolute atomic E-state index is 0.0692. The second-order valence-electron chi connectivity index (χ2n) is 3.14. The molecule has 2 rings (SSSR count). The normalized spacial score (nSPS) is 18.8. The topological polar surface area (TPSA) is 109 Å². The van der Waals surface area contributed by atoms with Crippen molar-refractivity contribution in [3.05, 3.63) is 27.5 Å². The predicted molar refractivity (Wildman–Crippen MR) is 43.1 cm³/mol. The lowest BCUT2D eigenvalue weighted by atomic mass is 10.1. The van der Waals surface area contributed by atoms with Crippen LogP contribution in [0.3, 0.4) is 0 Å². The number of furan rings is 1. The van der Waals surface area contributed by atoms with Gasteiger partial charge in [-0.2, -0.15) is 0 Å². The van der Waals surface area contributed by atoms with E-state index in [2.05, 4.69) is 4.42 Å². The van der Waals surface area contributed by atoms with Crippen molar-refractivity contribution in [2.24, 2.45) is 0 Å². The smallest absolute Gasteiger partial charge is 0.433 e. The first kappa shape index (κ1) is 9.66. The Kier molecular flexibility index (Phi) is 2.16. The number of carboxylic acids is 1. The molecule has 1 aliphatic rings. The van der Waals surface area contributed by atoms with E-state index in [1.54, 1.807) is 0 Å². The lowest BCUT2D eigenvalue weighted by Gasteiger charge is -1.99. The number of carbonyl (C=O) groups excluding carboxylic acids is 1. The fraction of sp³-hybridized carbons (Fsp3) is 0.375. The molecule has 1 aliphatic heterocycles. The number of carboxylic acid groups (broad SMARTS) is 1. The molecule has 1 saturated heterocycles. The highest BCUT2D eigenvalue weighted by Gasteiger charge is 2.28. The van der Waals surface area contributed by atoms with Gasteiger partial charge in [-0.3, -0.25) is 10.1 Å². The number of rotatable bonds is 4. The Balaban J connectivity index is 2.31. The molecule has 1 atom stereocenters. The number of nitro groups is 1. The van der Waals surface area contributed by atoms with Gasteiger partial charge in [0, 0.05) is 12.0 Å². The zero-order valence-electron chi connectivity index (χ0n) is 7.47. The number of ether oxygens (including phenoxy) is 1. The van der Waals surface area contributed by atoms with E-state index in [1.165, 1.54) is 0 Å². The monoisotopic (exact) mass is 212 g/mol. The van der Waals surface area contributed by atoms with Crippen LogP contribution in [0.2, 0.25) is 0 Å². The summed E-state index contributed by atoms with van der Waals surface area (Å²) in [6, 6.07) is 1.09. The van der Waals surface area contributed by atoms with Crippen molar-refractivity contribution >= 4 is 11.9 Å². The number of hydrogen-bond donors (Lipinski definition) is 0. The van der Waals surface area contributed by atoms with E-state index in [0.29, 0.717) is 13.0 Å². The first-order chi connectivity index (χ1) is 7.08. The predicted octanol–water partition coefficient (Wildman–Crippen LogP) is -0.507. The lowest BCUT2D eigenvalue weighted by molar-refractivity contribution is -0.402. The molecule has 0 aliphatic carbocycles. The fourth-order valence-corrected chi connectivity index (χ4v) is 1.26. The molecule has 0 N–H and O–H groups in total. The summed E-state index contributed by atoms with van der Waals surface area (Å²) in [7, 11) is 0. The van der Waals surface area contributed by atoms with E-state index in [9.17, 15) is 20.0 Å². The average Bonchev–Trinajstić information content (AvgIpc) is 2.82. The third kappa shape index (κ3) is 1.96. The van der Waals surface area contributed by atoms with Crippen molar-refractivity contribution in [2.75, 3.05) is 6.61 Å². The SMILES string of the molecule is O=C([O-])c1oc([N+](=O)[O-])cc1CC1CO1. The van der Waals surface area contributed by atoms with Gasteiger partial charge in [-0.05, 0) is 0 Å². The molecule has 1 unspecified atom stereocenters. The molecular weight excluding hydrogens is 206 g/mol. The number of nitrogens with zero attached hydrogens (tertiary/aromatic N) is 1. The van der Waals surface area contributed by atoms with Gasteiger partial charge in [0.15, 0.2) is 5.76 Å². The van der Waals surface area contributed by atoms with E-state index >= 15 is 0 Å². The Labute approximate surface area is 83.4 Å². The summed E-state index contributed by atoms with van der Waals surface area (Å²) in [6.07, 6.45) is 0.223. The molecule has 0 saturated carbocycles. The molecule has 1 fully saturated rings. The van der Waals surface area contributed by atoms with Gasteiger partial charge in [-0.25, -0.2) is 0 Å². The van der Waals surface area contributed by atoms with Gasteiger partial charge >= 0.3 is 5.88 Å². The molecule has 0 amide bonds. The van der Waals surface area contributed by atoms with E-state index in [4.69, 9.17) is 4.74 Å². The zero-order valence-corrected chi connectivity index (χ0v) is 7.47. The Bertz CT molecular complexity index is 419. The van der Waals surface area contributed by atoms with Gasteiger partial charge in [-0.1, -0.05) is 0 Å². The minimum atomic E-state index is -1.56. The van der Waals surface area contributed by atoms with Crippen LogP contribution in [0, 0.1) is 10.1 Å². The summed E-state index contributed by atoms with van der Waals surface area (Å²) < 4.78 is 9.44. The lowest BCUT2D eigenvalue weighted by Crippen LogP contribution is -2.23. The summed E-state index contributed by atoms with van der Waals surface area (Å²) in [5.41, 5.74) is 0.240. The van der Waals surface area contributed by atoms with Crippen LogP contribution < -0.4 is 5.11 Å². The highest BCUT2D eigenvalue weighted by atomic mass is 16.6. The van der Waals surface area contributed by atoms with Crippen molar-refractivity contribution in [1.82, 2.24) is 0 Å². The van der Waals surface area contributed by atoms with Crippen molar-refractivity contribution in [2.45, 2.75) is 12.5 Å². The first-order valence-electron chi connectivity index (χ1n) is 4.18. The van der Waals surface area contributed by atoms with Crippen molar-refractivity contribution in [3.8, 4) is 0 Å². The van der Waals surface area contributed by atoms with Gasteiger partial charge < -0.3 is 19.1 Å². The summed E-state index contributed by atoms with van der Waals surface area (Å²) in [5, 5.41) is 20.9. The molecule has 0 bridgehead atoms. The largest absolute Gasteiger partial charge is 0.542 e. The average molecular weight is 212 g/mol. The van der Waals surface area contributed by atoms with Crippen molar-refractivity contribution < 1.29 is 24.0 Å². The van der Waals surface area contributed by atoms with Crippen LogP contribution in [-0.2, 0) is 11.2 Å². The Morgan fingerprint density at radius 1 is 1.67 bits per heavy atom. The van der Waals surface area contributed by atoms with Gasteiger partial charge in [0.2, 0.25) is 0 Å². The molecular formula is C8H6NO6-. The van der Waals surface area contributed by atoms with Crippen molar-refractivity contribution in [1.29, 1.82) is 0 Å². The molecule has 15 heavy (non-hydrogen) atoms. The summed E-state index contributed by atoms with van der Waals surface area (Å²) in [6.45, 7) is 0.533. The Morgan fingerprint density at radius 3 is 2.80 bits per heavy atom. The second-order valence-corrected chi connectivity index (χ2v) is 3.14. The van der Waals surface area contributed by atoms with Crippen LogP contribution in [0.25, 0.3) is 0 Å². The third-order valence-corrected chi connectivity index (χ3v) is 2.01. The molecule has 7 heteroatoms. The highest BCUT2D eigenvalue weighted by molar-refractivity contribution is 5.84. The maximum absolute atomic E-state index is 10.6.